The Kier molecular flexibility index (Phi) is 1.75. The zero-order valence-electron chi connectivity index (χ0n) is 6.62. The SMILES string of the molecule is O=C(C1=COCC1)N1CC(F)C1. The summed E-state index contributed by atoms with van der Waals surface area (Å²) in [6, 6.07) is 0. The van der Waals surface area contributed by atoms with Gasteiger partial charge in [-0.15, -0.1) is 0 Å². The van der Waals surface area contributed by atoms with E-state index in [9.17, 15) is 9.18 Å². The number of likely N-dealkylation sites (tertiary alicyclic amines) is 1. The number of carbonyl (C=O) groups excluding carboxylic acids is 1. The third kappa shape index (κ3) is 1.17. The second-order valence-electron chi connectivity index (χ2n) is 3.07. The van der Waals surface area contributed by atoms with Gasteiger partial charge in [-0.3, -0.25) is 4.79 Å². The molecule has 12 heavy (non-hydrogen) atoms. The second-order valence-corrected chi connectivity index (χ2v) is 3.07. The van der Waals surface area contributed by atoms with Gasteiger partial charge >= 0.3 is 0 Å². The molecule has 1 fully saturated rings. The molecule has 0 N–H and O–H groups in total. The number of hydrogen-bond donors (Lipinski definition) is 0. The van der Waals surface area contributed by atoms with Crippen molar-refractivity contribution in [1.29, 1.82) is 0 Å². The van der Waals surface area contributed by atoms with Gasteiger partial charge in [-0.05, 0) is 0 Å². The lowest BCUT2D eigenvalue weighted by Gasteiger charge is -2.34. The average Bonchev–Trinajstić information content (AvgIpc) is 2.49. The first-order chi connectivity index (χ1) is 5.77. The number of ether oxygens (including phenoxy) is 1. The number of halogens is 1. The first kappa shape index (κ1) is 7.58. The summed E-state index contributed by atoms with van der Waals surface area (Å²) >= 11 is 0. The minimum Gasteiger partial charge on any atom is -0.500 e. The van der Waals surface area contributed by atoms with Crippen molar-refractivity contribution < 1.29 is 13.9 Å². The van der Waals surface area contributed by atoms with E-state index in [1.165, 1.54) is 11.2 Å². The van der Waals surface area contributed by atoms with Crippen LogP contribution in [0.2, 0.25) is 0 Å². The normalized spacial score (nSPS) is 23.1. The van der Waals surface area contributed by atoms with Crippen molar-refractivity contribution in [1.82, 2.24) is 4.90 Å². The van der Waals surface area contributed by atoms with Crippen molar-refractivity contribution in [2.45, 2.75) is 12.6 Å². The van der Waals surface area contributed by atoms with Crippen LogP contribution in [0, 0.1) is 0 Å². The summed E-state index contributed by atoms with van der Waals surface area (Å²) < 4.78 is 17.3. The maximum atomic E-state index is 12.4. The fourth-order valence-corrected chi connectivity index (χ4v) is 1.34. The van der Waals surface area contributed by atoms with Crippen LogP contribution in [0.25, 0.3) is 0 Å². The molecule has 4 heteroatoms. The molecular formula is C8H10FNO2. The van der Waals surface area contributed by atoms with Crippen LogP contribution in [0.5, 0.6) is 0 Å². The third-order valence-corrected chi connectivity index (χ3v) is 2.11. The van der Waals surface area contributed by atoms with Gasteiger partial charge in [0.2, 0.25) is 0 Å². The molecular weight excluding hydrogens is 161 g/mol. The maximum absolute atomic E-state index is 12.4. The lowest BCUT2D eigenvalue weighted by Crippen LogP contribution is -2.51. The second kappa shape index (κ2) is 2.77. The summed E-state index contributed by atoms with van der Waals surface area (Å²) in [5.41, 5.74) is 0.668. The molecule has 2 heterocycles. The van der Waals surface area contributed by atoms with Crippen LogP contribution in [-0.2, 0) is 9.53 Å². The van der Waals surface area contributed by atoms with E-state index < -0.39 is 6.17 Å². The van der Waals surface area contributed by atoms with Gasteiger partial charge in [-0.25, -0.2) is 4.39 Å². The molecule has 2 aliphatic rings. The van der Waals surface area contributed by atoms with E-state index in [0.717, 1.165) is 0 Å². The van der Waals surface area contributed by atoms with Crippen molar-refractivity contribution in [2.75, 3.05) is 19.7 Å². The highest BCUT2D eigenvalue weighted by Crippen LogP contribution is 2.19. The summed E-state index contributed by atoms with van der Waals surface area (Å²) in [7, 11) is 0. The molecule has 2 rings (SSSR count). The van der Waals surface area contributed by atoms with Crippen LogP contribution < -0.4 is 0 Å². The topological polar surface area (TPSA) is 29.5 Å². The molecule has 0 atom stereocenters. The lowest BCUT2D eigenvalue weighted by molar-refractivity contribution is -0.134. The van der Waals surface area contributed by atoms with Crippen LogP contribution in [-0.4, -0.2) is 36.7 Å². The van der Waals surface area contributed by atoms with Crippen molar-refractivity contribution in [3.05, 3.63) is 11.8 Å². The van der Waals surface area contributed by atoms with E-state index in [4.69, 9.17) is 4.74 Å². The zero-order valence-corrected chi connectivity index (χ0v) is 6.62. The quantitative estimate of drug-likeness (QED) is 0.574. The van der Waals surface area contributed by atoms with Crippen LogP contribution >= 0.6 is 0 Å². The minimum absolute atomic E-state index is 0.0681. The predicted octanol–water partition coefficient (Wildman–Crippen LogP) is 0.471. The van der Waals surface area contributed by atoms with E-state index in [1.54, 1.807) is 0 Å². The van der Waals surface area contributed by atoms with E-state index in [2.05, 4.69) is 0 Å². The standard InChI is InChI=1S/C8H10FNO2/c9-7-3-10(4-7)8(11)6-1-2-12-5-6/h5,7H,1-4H2. The van der Waals surface area contributed by atoms with Gasteiger partial charge in [0.05, 0.1) is 31.5 Å². The minimum atomic E-state index is -0.822. The molecule has 66 valence electrons. The zero-order chi connectivity index (χ0) is 8.55. The predicted molar refractivity (Wildman–Crippen MR) is 40.1 cm³/mol. The monoisotopic (exact) mass is 171 g/mol. The van der Waals surface area contributed by atoms with Gasteiger partial charge in [0.1, 0.15) is 6.17 Å². The Morgan fingerprint density at radius 2 is 2.42 bits per heavy atom. The van der Waals surface area contributed by atoms with E-state index in [1.807, 2.05) is 0 Å². The molecule has 0 saturated carbocycles. The first-order valence-corrected chi connectivity index (χ1v) is 4.01. The Morgan fingerprint density at radius 1 is 1.67 bits per heavy atom. The van der Waals surface area contributed by atoms with Gasteiger partial charge in [-0.1, -0.05) is 0 Å². The molecule has 1 saturated heterocycles. The Morgan fingerprint density at radius 3 is 2.92 bits per heavy atom. The van der Waals surface area contributed by atoms with Crippen molar-refractivity contribution in [3.8, 4) is 0 Å². The molecule has 0 aromatic heterocycles. The van der Waals surface area contributed by atoms with Gasteiger partial charge in [0, 0.05) is 6.42 Å². The highest BCUT2D eigenvalue weighted by molar-refractivity contribution is 5.94. The number of hydrogen-bond acceptors (Lipinski definition) is 2. The number of alkyl halides is 1. The molecule has 0 bridgehead atoms. The summed E-state index contributed by atoms with van der Waals surface area (Å²) in [5, 5.41) is 0. The van der Waals surface area contributed by atoms with E-state index >= 15 is 0 Å². The maximum Gasteiger partial charge on any atom is 0.253 e. The fourth-order valence-electron chi connectivity index (χ4n) is 1.34. The summed E-state index contributed by atoms with van der Waals surface area (Å²) in [6.45, 7) is 1.07. The highest BCUT2D eigenvalue weighted by atomic mass is 19.1. The first-order valence-electron chi connectivity index (χ1n) is 4.01. The van der Waals surface area contributed by atoms with Gasteiger partial charge in [-0.2, -0.15) is 0 Å². The molecule has 0 aliphatic carbocycles. The van der Waals surface area contributed by atoms with Crippen molar-refractivity contribution >= 4 is 5.91 Å². The lowest BCUT2D eigenvalue weighted by atomic mass is 10.1. The smallest absolute Gasteiger partial charge is 0.253 e. The van der Waals surface area contributed by atoms with Crippen molar-refractivity contribution in [3.63, 3.8) is 0 Å². The Balaban J connectivity index is 1.92. The van der Waals surface area contributed by atoms with Crippen LogP contribution in [0.15, 0.2) is 11.8 Å². The number of nitrogens with zero attached hydrogens (tertiary/aromatic N) is 1. The van der Waals surface area contributed by atoms with Gasteiger partial charge in [0.15, 0.2) is 0 Å². The molecule has 2 aliphatic heterocycles. The van der Waals surface area contributed by atoms with E-state index in [0.29, 0.717) is 18.6 Å². The molecule has 3 nitrogen and oxygen atoms in total. The Bertz CT molecular complexity index is 233. The molecule has 0 radical (unpaired) electrons. The highest BCUT2D eigenvalue weighted by Gasteiger charge is 2.32. The fraction of sp³-hybridized carbons (Fsp3) is 0.625. The Labute approximate surface area is 69.8 Å². The summed E-state index contributed by atoms with van der Waals surface area (Å²) in [4.78, 5) is 12.9. The molecule has 0 aromatic rings. The van der Waals surface area contributed by atoms with Gasteiger partial charge < -0.3 is 9.64 Å². The Hall–Kier alpha value is -1.06. The molecule has 0 unspecified atom stereocenters. The van der Waals surface area contributed by atoms with Crippen LogP contribution in [0.3, 0.4) is 0 Å². The number of rotatable bonds is 1. The molecule has 1 amide bonds. The van der Waals surface area contributed by atoms with Crippen LogP contribution in [0.1, 0.15) is 6.42 Å². The largest absolute Gasteiger partial charge is 0.500 e. The third-order valence-electron chi connectivity index (χ3n) is 2.11. The van der Waals surface area contributed by atoms with Crippen LogP contribution in [0.4, 0.5) is 4.39 Å². The summed E-state index contributed by atoms with van der Waals surface area (Å²) in [6.07, 6.45) is 1.32. The summed E-state index contributed by atoms with van der Waals surface area (Å²) in [5.74, 6) is -0.0681. The number of amides is 1. The number of carbonyl (C=O) groups is 1. The molecule has 0 aromatic carbocycles. The van der Waals surface area contributed by atoms with Gasteiger partial charge in [0.25, 0.3) is 5.91 Å². The molecule has 0 spiro atoms. The van der Waals surface area contributed by atoms with Crippen molar-refractivity contribution in [2.24, 2.45) is 0 Å². The average molecular weight is 171 g/mol. The van der Waals surface area contributed by atoms with E-state index in [-0.39, 0.29) is 19.0 Å².